The van der Waals surface area contributed by atoms with Gasteiger partial charge >= 0.3 is 0 Å². The highest BCUT2D eigenvalue weighted by atomic mass is 16.5. The summed E-state index contributed by atoms with van der Waals surface area (Å²) in [5, 5.41) is 36.0. The van der Waals surface area contributed by atoms with Crippen LogP contribution in [0.1, 0.15) is 25.7 Å². The van der Waals surface area contributed by atoms with Crippen LogP contribution < -0.4 is 0 Å². The Morgan fingerprint density at radius 1 is 1.18 bits per heavy atom. The predicted molar refractivity (Wildman–Crippen MR) is 37.7 cm³/mol. The van der Waals surface area contributed by atoms with Gasteiger partial charge in [-0.2, -0.15) is 0 Å². The molecule has 0 aliphatic heterocycles. The van der Waals surface area contributed by atoms with E-state index in [1.54, 1.807) is 0 Å². The molecule has 0 amide bonds. The van der Waals surface area contributed by atoms with Gasteiger partial charge in [0.15, 0.2) is 6.29 Å². The lowest BCUT2D eigenvalue weighted by Gasteiger charge is -2.35. The van der Waals surface area contributed by atoms with Gasteiger partial charge < -0.3 is 20.4 Å². The minimum Gasteiger partial charge on any atom is -0.393 e. The molecule has 4 N–H and O–H groups in total. The summed E-state index contributed by atoms with van der Waals surface area (Å²) in [4.78, 5) is 0. The van der Waals surface area contributed by atoms with E-state index in [1.807, 2.05) is 0 Å². The summed E-state index contributed by atoms with van der Waals surface area (Å²) in [7, 11) is 0. The Bertz CT molecular complexity index is 126. The molecule has 0 radical (unpaired) electrons. The van der Waals surface area contributed by atoms with Crippen LogP contribution in [0.2, 0.25) is 0 Å². The zero-order valence-corrected chi connectivity index (χ0v) is 6.27. The Kier molecular flexibility index (Phi) is 2.49. The SMILES string of the molecule is OC1CCC(O)(C(O)O)CC1. The molecule has 1 saturated carbocycles. The first kappa shape index (κ1) is 8.93. The molecule has 1 aliphatic rings. The quantitative estimate of drug-likeness (QED) is 0.371. The molecule has 4 nitrogen and oxygen atoms in total. The third kappa shape index (κ3) is 1.90. The van der Waals surface area contributed by atoms with Crippen LogP contribution in [0, 0.1) is 0 Å². The Labute approximate surface area is 65.1 Å². The van der Waals surface area contributed by atoms with Crippen molar-refractivity contribution in [3.63, 3.8) is 0 Å². The van der Waals surface area contributed by atoms with Crippen LogP contribution in [0.3, 0.4) is 0 Å². The highest BCUT2D eigenvalue weighted by Gasteiger charge is 2.38. The molecule has 0 spiro atoms. The molecule has 1 rings (SSSR count). The van der Waals surface area contributed by atoms with E-state index >= 15 is 0 Å². The average Bonchev–Trinajstić information content (AvgIpc) is 1.95. The van der Waals surface area contributed by atoms with Crippen molar-refractivity contribution in [3.8, 4) is 0 Å². The van der Waals surface area contributed by atoms with Crippen molar-refractivity contribution in [3.05, 3.63) is 0 Å². The fourth-order valence-electron chi connectivity index (χ4n) is 1.36. The van der Waals surface area contributed by atoms with Gasteiger partial charge in [-0.25, -0.2) is 0 Å². The molecule has 0 aromatic heterocycles. The Balaban J connectivity index is 2.48. The molecule has 11 heavy (non-hydrogen) atoms. The summed E-state index contributed by atoms with van der Waals surface area (Å²) in [6, 6.07) is 0. The smallest absolute Gasteiger partial charge is 0.181 e. The molecular formula is C7H14O4. The van der Waals surface area contributed by atoms with Crippen LogP contribution in [0.25, 0.3) is 0 Å². The molecule has 0 unspecified atom stereocenters. The number of aliphatic hydroxyl groups is 4. The first-order chi connectivity index (χ1) is 5.04. The van der Waals surface area contributed by atoms with Gasteiger partial charge in [-0.1, -0.05) is 0 Å². The maximum absolute atomic E-state index is 9.46. The highest BCUT2D eigenvalue weighted by Crippen LogP contribution is 2.30. The lowest BCUT2D eigenvalue weighted by atomic mass is 9.83. The standard InChI is InChI=1S/C7H14O4/c8-5-1-3-7(11,4-2-5)6(9)10/h5-6,8-11H,1-4H2. The first-order valence-electron chi connectivity index (χ1n) is 3.81. The minimum absolute atomic E-state index is 0.256. The molecule has 4 heteroatoms. The number of rotatable bonds is 1. The summed E-state index contributed by atoms with van der Waals surface area (Å²) in [5.74, 6) is 0. The maximum atomic E-state index is 9.46. The summed E-state index contributed by atoms with van der Waals surface area (Å²) in [6.45, 7) is 0. The zero-order chi connectivity index (χ0) is 8.48. The summed E-state index contributed by atoms with van der Waals surface area (Å²) in [6.07, 6.45) is -0.691. The van der Waals surface area contributed by atoms with Gasteiger partial charge in [-0.15, -0.1) is 0 Å². The molecule has 0 aromatic carbocycles. The second-order valence-corrected chi connectivity index (χ2v) is 3.21. The summed E-state index contributed by atoms with van der Waals surface area (Å²) >= 11 is 0. The van der Waals surface area contributed by atoms with Crippen molar-refractivity contribution in [2.45, 2.75) is 43.7 Å². The Morgan fingerprint density at radius 3 is 2.00 bits per heavy atom. The fourth-order valence-corrected chi connectivity index (χ4v) is 1.36. The van der Waals surface area contributed by atoms with E-state index < -0.39 is 18.0 Å². The van der Waals surface area contributed by atoms with Gasteiger partial charge in [-0.3, -0.25) is 0 Å². The van der Waals surface area contributed by atoms with Crippen LogP contribution in [0.4, 0.5) is 0 Å². The second-order valence-electron chi connectivity index (χ2n) is 3.21. The van der Waals surface area contributed by atoms with Gasteiger partial charge in [0.2, 0.25) is 0 Å². The minimum atomic E-state index is -1.69. The normalized spacial score (nSPS) is 39.5. The van der Waals surface area contributed by atoms with Crippen molar-refractivity contribution in [1.82, 2.24) is 0 Å². The maximum Gasteiger partial charge on any atom is 0.181 e. The third-order valence-electron chi connectivity index (χ3n) is 2.30. The van der Waals surface area contributed by atoms with Crippen LogP contribution >= 0.6 is 0 Å². The number of aliphatic hydroxyl groups excluding tert-OH is 2. The van der Waals surface area contributed by atoms with Gasteiger partial charge in [0.1, 0.15) is 5.60 Å². The number of hydrogen-bond acceptors (Lipinski definition) is 4. The predicted octanol–water partition coefficient (Wildman–Crippen LogP) is -1.04. The van der Waals surface area contributed by atoms with Crippen molar-refractivity contribution < 1.29 is 20.4 Å². The van der Waals surface area contributed by atoms with Crippen LogP contribution in [-0.2, 0) is 0 Å². The van der Waals surface area contributed by atoms with Gasteiger partial charge in [0.25, 0.3) is 0 Å². The van der Waals surface area contributed by atoms with Gasteiger partial charge in [0, 0.05) is 0 Å². The van der Waals surface area contributed by atoms with Crippen molar-refractivity contribution in [2.24, 2.45) is 0 Å². The van der Waals surface area contributed by atoms with Crippen molar-refractivity contribution >= 4 is 0 Å². The molecule has 0 heterocycles. The van der Waals surface area contributed by atoms with Crippen LogP contribution in [0.5, 0.6) is 0 Å². The largest absolute Gasteiger partial charge is 0.393 e. The van der Waals surface area contributed by atoms with Crippen molar-refractivity contribution in [1.29, 1.82) is 0 Å². The Morgan fingerprint density at radius 2 is 1.64 bits per heavy atom. The van der Waals surface area contributed by atoms with E-state index in [0.717, 1.165) is 0 Å². The summed E-state index contributed by atoms with van der Waals surface area (Å²) in [5.41, 5.74) is -1.39. The van der Waals surface area contributed by atoms with E-state index in [1.165, 1.54) is 0 Å². The summed E-state index contributed by atoms with van der Waals surface area (Å²) < 4.78 is 0. The molecular weight excluding hydrogens is 148 g/mol. The average molecular weight is 162 g/mol. The molecule has 0 bridgehead atoms. The first-order valence-corrected chi connectivity index (χ1v) is 3.81. The van der Waals surface area contributed by atoms with Gasteiger partial charge in [0.05, 0.1) is 6.10 Å². The molecule has 66 valence electrons. The molecule has 1 aliphatic carbocycles. The molecule has 0 atom stereocenters. The van der Waals surface area contributed by atoms with Gasteiger partial charge in [-0.05, 0) is 25.7 Å². The van der Waals surface area contributed by atoms with E-state index in [0.29, 0.717) is 12.8 Å². The third-order valence-corrected chi connectivity index (χ3v) is 2.30. The highest BCUT2D eigenvalue weighted by molar-refractivity contribution is 4.86. The van der Waals surface area contributed by atoms with E-state index in [9.17, 15) is 5.11 Å². The molecule has 0 aromatic rings. The fraction of sp³-hybridized carbons (Fsp3) is 1.00. The van der Waals surface area contributed by atoms with E-state index in [-0.39, 0.29) is 12.8 Å². The van der Waals surface area contributed by atoms with Crippen molar-refractivity contribution in [2.75, 3.05) is 0 Å². The lowest BCUT2D eigenvalue weighted by Crippen LogP contribution is -2.46. The Hall–Kier alpha value is -0.160. The lowest BCUT2D eigenvalue weighted by molar-refractivity contribution is -0.202. The van der Waals surface area contributed by atoms with Crippen LogP contribution in [-0.4, -0.2) is 38.4 Å². The number of hydrogen-bond donors (Lipinski definition) is 4. The topological polar surface area (TPSA) is 80.9 Å². The monoisotopic (exact) mass is 162 g/mol. The van der Waals surface area contributed by atoms with E-state index in [2.05, 4.69) is 0 Å². The zero-order valence-electron chi connectivity index (χ0n) is 6.27. The second kappa shape index (κ2) is 3.06. The molecule has 1 fully saturated rings. The molecule has 0 saturated heterocycles. The van der Waals surface area contributed by atoms with Crippen LogP contribution in [0.15, 0.2) is 0 Å². The van der Waals surface area contributed by atoms with E-state index in [4.69, 9.17) is 15.3 Å².